The van der Waals surface area contributed by atoms with Gasteiger partial charge in [-0.3, -0.25) is 4.98 Å². The molecule has 2 aromatic heterocycles. The molecule has 0 saturated carbocycles. The number of nitrogens with two attached hydrogens (primary N) is 1. The van der Waals surface area contributed by atoms with E-state index >= 15 is 0 Å². The van der Waals surface area contributed by atoms with Crippen molar-refractivity contribution in [2.75, 3.05) is 30.3 Å². The summed E-state index contributed by atoms with van der Waals surface area (Å²) in [5.41, 5.74) is 12.2. The van der Waals surface area contributed by atoms with E-state index in [1.54, 1.807) is 0 Å². The summed E-state index contributed by atoms with van der Waals surface area (Å²) < 4.78 is 0. The maximum absolute atomic E-state index is 5.51. The van der Waals surface area contributed by atoms with Crippen LogP contribution in [0.15, 0.2) is 73.1 Å². The van der Waals surface area contributed by atoms with Crippen LogP contribution in [0.1, 0.15) is 11.3 Å². The zero-order valence-electron chi connectivity index (χ0n) is 17.0. The van der Waals surface area contributed by atoms with Crippen LogP contribution in [0.3, 0.4) is 0 Å². The highest BCUT2D eigenvalue weighted by Crippen LogP contribution is 2.20. The van der Waals surface area contributed by atoms with Crippen LogP contribution in [0.2, 0.25) is 0 Å². The van der Waals surface area contributed by atoms with Crippen molar-refractivity contribution >= 4 is 28.0 Å². The molecule has 0 atom stereocenters. The van der Waals surface area contributed by atoms with Crippen molar-refractivity contribution in [3.63, 3.8) is 0 Å². The van der Waals surface area contributed by atoms with Gasteiger partial charge in [0.05, 0.1) is 5.69 Å². The van der Waals surface area contributed by atoms with E-state index in [9.17, 15) is 0 Å². The zero-order chi connectivity index (χ0) is 20.6. The Morgan fingerprint density at radius 3 is 2.60 bits per heavy atom. The van der Waals surface area contributed by atoms with Gasteiger partial charge in [-0.15, -0.1) is 0 Å². The molecule has 0 spiro atoms. The summed E-state index contributed by atoms with van der Waals surface area (Å²) in [6, 6.07) is 20.8. The van der Waals surface area contributed by atoms with Crippen molar-refractivity contribution in [3.05, 3.63) is 84.3 Å². The molecular weight excluding hydrogens is 372 g/mol. The van der Waals surface area contributed by atoms with Gasteiger partial charge in [0.25, 0.3) is 0 Å². The molecule has 0 aliphatic heterocycles. The predicted molar refractivity (Wildman–Crippen MR) is 125 cm³/mol. The first kappa shape index (κ1) is 19.9. The minimum atomic E-state index is 0.625. The molecule has 2 heterocycles. The number of hydrogen-bond donors (Lipinski definition) is 5. The Bertz CT molecular complexity index is 1070. The fourth-order valence-corrected chi connectivity index (χ4v) is 3.49. The first-order valence-electron chi connectivity index (χ1n) is 10.3. The standard InChI is InChI=1S/C24H28N6/c25-11-14-26-17-22-15-21(10-13-28-22)30-20-7-5-19(6-8-20)27-12-9-18-16-29-24-4-2-1-3-23(18)24/h1-8,10,13,15-16,26-27,29H,9,11-12,14,17,25H2,(H,28,30). The fraction of sp³-hybridized carbons (Fsp3) is 0.208. The molecule has 0 aliphatic rings. The van der Waals surface area contributed by atoms with Gasteiger partial charge in [-0.05, 0) is 54.4 Å². The topological polar surface area (TPSA) is 90.8 Å². The molecule has 4 aromatic rings. The lowest BCUT2D eigenvalue weighted by molar-refractivity contribution is 0.682. The van der Waals surface area contributed by atoms with Gasteiger partial charge in [0.15, 0.2) is 0 Å². The molecule has 0 radical (unpaired) electrons. The summed E-state index contributed by atoms with van der Waals surface area (Å²) in [4.78, 5) is 7.72. The molecule has 0 fully saturated rings. The molecule has 30 heavy (non-hydrogen) atoms. The van der Waals surface area contributed by atoms with Crippen molar-refractivity contribution in [1.82, 2.24) is 15.3 Å². The second-order valence-corrected chi connectivity index (χ2v) is 7.24. The number of fused-ring (bicyclic) bond motifs is 1. The number of nitrogens with one attached hydrogen (secondary N) is 4. The number of H-pyrrole nitrogens is 1. The fourth-order valence-electron chi connectivity index (χ4n) is 3.49. The quantitative estimate of drug-likeness (QED) is 0.260. The van der Waals surface area contributed by atoms with E-state index < -0.39 is 0 Å². The predicted octanol–water partition coefficient (Wildman–Crippen LogP) is 4.01. The number of rotatable bonds is 10. The third-order valence-corrected chi connectivity index (χ3v) is 5.02. The number of para-hydroxylation sites is 1. The number of nitrogens with zero attached hydrogens (tertiary/aromatic N) is 1. The molecule has 6 N–H and O–H groups in total. The SMILES string of the molecule is NCCNCc1cc(Nc2ccc(NCCc3c[nH]c4ccccc34)cc2)ccn1. The van der Waals surface area contributed by atoms with Crippen LogP contribution in [0.4, 0.5) is 17.1 Å². The van der Waals surface area contributed by atoms with Crippen LogP contribution < -0.4 is 21.7 Å². The van der Waals surface area contributed by atoms with Crippen LogP contribution in [0.25, 0.3) is 10.9 Å². The Labute approximate surface area is 176 Å². The third kappa shape index (κ3) is 5.17. The maximum atomic E-state index is 5.51. The van der Waals surface area contributed by atoms with E-state index in [4.69, 9.17) is 5.73 Å². The second-order valence-electron chi connectivity index (χ2n) is 7.24. The van der Waals surface area contributed by atoms with E-state index in [0.29, 0.717) is 13.1 Å². The third-order valence-electron chi connectivity index (χ3n) is 5.02. The van der Waals surface area contributed by atoms with E-state index in [1.165, 1.54) is 16.5 Å². The average Bonchev–Trinajstić information content (AvgIpc) is 3.19. The van der Waals surface area contributed by atoms with Gasteiger partial charge < -0.3 is 26.7 Å². The molecule has 4 rings (SSSR count). The lowest BCUT2D eigenvalue weighted by Crippen LogP contribution is -2.22. The van der Waals surface area contributed by atoms with Crippen LogP contribution >= 0.6 is 0 Å². The van der Waals surface area contributed by atoms with Gasteiger partial charge in [-0.2, -0.15) is 0 Å². The second kappa shape index (κ2) is 9.91. The Morgan fingerprint density at radius 1 is 0.900 bits per heavy atom. The molecule has 2 aromatic carbocycles. The minimum Gasteiger partial charge on any atom is -0.385 e. The number of hydrogen-bond acceptors (Lipinski definition) is 5. The molecule has 6 heteroatoms. The van der Waals surface area contributed by atoms with Gasteiger partial charge in [-0.25, -0.2) is 0 Å². The summed E-state index contributed by atoms with van der Waals surface area (Å²) in [5.74, 6) is 0. The van der Waals surface area contributed by atoms with E-state index in [0.717, 1.165) is 42.3 Å². The Balaban J connectivity index is 1.29. The lowest BCUT2D eigenvalue weighted by atomic mass is 10.1. The van der Waals surface area contributed by atoms with E-state index in [1.807, 2.05) is 12.3 Å². The van der Waals surface area contributed by atoms with Crippen LogP contribution in [0, 0.1) is 0 Å². The van der Waals surface area contributed by atoms with Gasteiger partial charge in [0.2, 0.25) is 0 Å². The van der Waals surface area contributed by atoms with Crippen molar-refractivity contribution in [1.29, 1.82) is 0 Å². The number of pyridine rings is 1. The highest BCUT2D eigenvalue weighted by Gasteiger charge is 2.03. The van der Waals surface area contributed by atoms with Crippen molar-refractivity contribution in [2.45, 2.75) is 13.0 Å². The number of anilines is 3. The van der Waals surface area contributed by atoms with Gasteiger partial charge in [-0.1, -0.05) is 18.2 Å². The number of aromatic amines is 1. The summed E-state index contributed by atoms with van der Waals surface area (Å²) in [6.07, 6.45) is 4.90. The smallest absolute Gasteiger partial charge is 0.0562 e. The van der Waals surface area contributed by atoms with E-state index in [2.05, 4.69) is 86.7 Å². The normalized spacial score (nSPS) is 11.0. The van der Waals surface area contributed by atoms with Crippen molar-refractivity contribution in [2.24, 2.45) is 5.73 Å². The van der Waals surface area contributed by atoms with Gasteiger partial charge in [0, 0.05) is 66.5 Å². The number of benzene rings is 2. The Morgan fingerprint density at radius 2 is 1.73 bits per heavy atom. The summed E-state index contributed by atoms with van der Waals surface area (Å²) >= 11 is 0. The number of aromatic nitrogens is 2. The zero-order valence-corrected chi connectivity index (χ0v) is 17.0. The monoisotopic (exact) mass is 400 g/mol. The van der Waals surface area contributed by atoms with Crippen LogP contribution in [0.5, 0.6) is 0 Å². The molecule has 0 amide bonds. The highest BCUT2D eigenvalue weighted by atomic mass is 14.9. The first-order valence-corrected chi connectivity index (χ1v) is 10.3. The minimum absolute atomic E-state index is 0.625. The maximum Gasteiger partial charge on any atom is 0.0562 e. The largest absolute Gasteiger partial charge is 0.385 e. The first-order chi connectivity index (χ1) is 14.8. The van der Waals surface area contributed by atoms with Gasteiger partial charge >= 0.3 is 0 Å². The average molecular weight is 401 g/mol. The lowest BCUT2D eigenvalue weighted by Gasteiger charge is -2.10. The molecule has 0 unspecified atom stereocenters. The van der Waals surface area contributed by atoms with Crippen LogP contribution in [-0.2, 0) is 13.0 Å². The van der Waals surface area contributed by atoms with Crippen LogP contribution in [-0.4, -0.2) is 29.6 Å². The molecule has 6 nitrogen and oxygen atoms in total. The van der Waals surface area contributed by atoms with Crippen molar-refractivity contribution in [3.8, 4) is 0 Å². The van der Waals surface area contributed by atoms with Gasteiger partial charge in [0.1, 0.15) is 0 Å². The molecule has 0 aliphatic carbocycles. The highest BCUT2D eigenvalue weighted by molar-refractivity contribution is 5.83. The Kier molecular flexibility index (Phi) is 6.59. The summed E-state index contributed by atoms with van der Waals surface area (Å²) in [7, 11) is 0. The molecule has 0 bridgehead atoms. The molecule has 154 valence electrons. The molecular formula is C24H28N6. The van der Waals surface area contributed by atoms with E-state index in [-0.39, 0.29) is 0 Å². The Hall–Kier alpha value is -3.35. The summed E-state index contributed by atoms with van der Waals surface area (Å²) in [6.45, 7) is 3.01. The summed E-state index contributed by atoms with van der Waals surface area (Å²) in [5, 5.41) is 11.5. The molecule has 0 saturated heterocycles. The van der Waals surface area contributed by atoms with Crippen molar-refractivity contribution < 1.29 is 0 Å².